The number of carbonyl (C=O) groups excluding carboxylic acids is 2. The monoisotopic (exact) mass is 431 g/mol. The molecular weight excluding hydrogens is 402 g/mol. The topological polar surface area (TPSA) is 68.8 Å². The highest BCUT2D eigenvalue weighted by atomic mass is 16.2. The van der Waals surface area contributed by atoms with Crippen molar-refractivity contribution in [1.29, 1.82) is 0 Å². The molecule has 0 radical (unpaired) electrons. The number of aromatic nitrogens is 1. The molecule has 2 amide bonds. The Hall–Kier alpha value is -3.09. The molecule has 1 spiro atoms. The first-order valence-corrected chi connectivity index (χ1v) is 11.5. The fourth-order valence-corrected chi connectivity index (χ4v) is 6.00. The fraction of sp³-hybridized carbons (Fsp3) is 0.480. The van der Waals surface area contributed by atoms with Gasteiger partial charge in [0.1, 0.15) is 5.82 Å². The molecule has 166 valence electrons. The minimum atomic E-state index is 0.0602. The lowest BCUT2D eigenvalue weighted by Crippen LogP contribution is -2.76. The minimum Gasteiger partial charge on any atom is -0.362 e. The molecule has 1 aliphatic carbocycles. The maximum atomic E-state index is 13.7. The van der Waals surface area contributed by atoms with Crippen molar-refractivity contribution in [2.24, 2.45) is 11.3 Å². The number of rotatable bonds is 3. The number of pyridine rings is 1. The highest BCUT2D eigenvalue weighted by Crippen LogP contribution is 2.48. The number of nitrogens with one attached hydrogen (secondary N) is 1. The van der Waals surface area contributed by atoms with Crippen molar-refractivity contribution >= 4 is 35.2 Å². The Morgan fingerprint density at radius 3 is 2.72 bits per heavy atom. The van der Waals surface area contributed by atoms with E-state index in [-0.39, 0.29) is 22.8 Å². The van der Waals surface area contributed by atoms with E-state index in [0.717, 1.165) is 73.8 Å². The number of nitrogens with zero attached hydrogens (tertiary/aromatic N) is 4. The van der Waals surface area contributed by atoms with Gasteiger partial charge in [0, 0.05) is 43.0 Å². The van der Waals surface area contributed by atoms with Gasteiger partial charge in [-0.15, -0.1) is 0 Å². The quantitative estimate of drug-likeness (QED) is 0.753. The second-order valence-electron chi connectivity index (χ2n) is 10.7. The Bertz CT molecular complexity index is 1100. The van der Waals surface area contributed by atoms with Gasteiger partial charge in [0.05, 0.1) is 23.5 Å². The summed E-state index contributed by atoms with van der Waals surface area (Å²) < 4.78 is 0. The summed E-state index contributed by atoms with van der Waals surface area (Å²) in [6, 6.07) is 10.3. The number of hydrogen-bond acceptors (Lipinski definition) is 5. The van der Waals surface area contributed by atoms with E-state index in [1.165, 1.54) is 0 Å². The summed E-state index contributed by atoms with van der Waals surface area (Å²) in [5.74, 6) is 1.09. The van der Waals surface area contributed by atoms with Crippen molar-refractivity contribution in [3.63, 3.8) is 0 Å². The number of hydrogen-bond donors (Lipinski definition) is 1. The summed E-state index contributed by atoms with van der Waals surface area (Å²) in [7, 11) is 0. The molecule has 0 atom stereocenters. The van der Waals surface area contributed by atoms with Gasteiger partial charge in [-0.25, -0.2) is 4.98 Å². The molecule has 1 saturated carbocycles. The highest BCUT2D eigenvalue weighted by molar-refractivity contribution is 6.00. The van der Waals surface area contributed by atoms with Crippen LogP contribution in [0.25, 0.3) is 0 Å². The van der Waals surface area contributed by atoms with E-state index >= 15 is 0 Å². The molecule has 1 aromatic heterocycles. The molecule has 32 heavy (non-hydrogen) atoms. The van der Waals surface area contributed by atoms with Crippen molar-refractivity contribution in [3.05, 3.63) is 42.1 Å². The number of benzene rings is 1. The Morgan fingerprint density at radius 2 is 2.03 bits per heavy atom. The lowest BCUT2D eigenvalue weighted by molar-refractivity contribution is -0.129. The van der Waals surface area contributed by atoms with Crippen molar-refractivity contribution in [1.82, 2.24) is 9.88 Å². The molecule has 0 bridgehead atoms. The summed E-state index contributed by atoms with van der Waals surface area (Å²) in [6.07, 6.45) is 5.68. The first kappa shape index (κ1) is 19.6. The zero-order chi connectivity index (χ0) is 22.1. The summed E-state index contributed by atoms with van der Waals surface area (Å²) in [6.45, 7) is 7.52. The largest absolute Gasteiger partial charge is 0.362 e. The van der Waals surface area contributed by atoms with E-state index in [1.807, 2.05) is 21.9 Å². The van der Waals surface area contributed by atoms with Crippen LogP contribution in [0.2, 0.25) is 0 Å². The predicted octanol–water partition coefficient (Wildman–Crippen LogP) is 3.53. The molecule has 1 aromatic carbocycles. The van der Waals surface area contributed by atoms with Crippen LogP contribution in [0.15, 0.2) is 36.5 Å². The molecule has 7 heteroatoms. The minimum absolute atomic E-state index is 0.0602. The molecule has 1 N–H and O–H groups in total. The summed E-state index contributed by atoms with van der Waals surface area (Å²) in [4.78, 5) is 35.5. The molecule has 0 unspecified atom stereocenters. The Balaban J connectivity index is 1.36. The third-order valence-electron chi connectivity index (χ3n) is 7.79. The van der Waals surface area contributed by atoms with Gasteiger partial charge in [0.15, 0.2) is 0 Å². The predicted molar refractivity (Wildman–Crippen MR) is 124 cm³/mol. The average molecular weight is 432 g/mol. The normalized spacial score (nSPS) is 22.5. The van der Waals surface area contributed by atoms with Crippen molar-refractivity contribution < 1.29 is 9.59 Å². The Labute approximate surface area is 188 Å². The van der Waals surface area contributed by atoms with Crippen molar-refractivity contribution in [3.8, 4) is 0 Å². The van der Waals surface area contributed by atoms with Crippen LogP contribution in [0.4, 0.5) is 22.9 Å². The maximum absolute atomic E-state index is 13.7. The molecule has 4 heterocycles. The van der Waals surface area contributed by atoms with E-state index in [1.54, 1.807) is 6.20 Å². The third kappa shape index (κ3) is 2.90. The van der Waals surface area contributed by atoms with Crippen LogP contribution in [0.1, 0.15) is 38.7 Å². The molecule has 3 aliphatic heterocycles. The van der Waals surface area contributed by atoms with Gasteiger partial charge in [0.2, 0.25) is 12.3 Å². The third-order valence-corrected chi connectivity index (χ3v) is 7.79. The van der Waals surface area contributed by atoms with E-state index in [2.05, 4.69) is 47.2 Å². The van der Waals surface area contributed by atoms with Gasteiger partial charge in [-0.05, 0) is 48.9 Å². The first-order chi connectivity index (χ1) is 15.4. The van der Waals surface area contributed by atoms with E-state index < -0.39 is 0 Å². The van der Waals surface area contributed by atoms with E-state index in [4.69, 9.17) is 0 Å². The van der Waals surface area contributed by atoms with Gasteiger partial charge in [-0.1, -0.05) is 19.9 Å². The Morgan fingerprint density at radius 1 is 1.22 bits per heavy atom. The molecule has 2 aromatic rings. The SMILES string of the molecule is CC1(C)CC(C(=O)N2Cc3cccnc3Nc3ccc(N4CCC45CN(C=O)C5)cc32)C1. The lowest BCUT2D eigenvalue weighted by Gasteiger charge is -2.62. The van der Waals surface area contributed by atoms with Crippen LogP contribution in [0.5, 0.6) is 0 Å². The molecule has 6 rings (SSSR count). The summed E-state index contributed by atoms with van der Waals surface area (Å²) in [5, 5.41) is 3.47. The number of fused-ring (bicyclic) bond motifs is 2. The average Bonchev–Trinajstić information content (AvgIpc) is 2.86. The van der Waals surface area contributed by atoms with Gasteiger partial charge in [-0.3, -0.25) is 9.59 Å². The lowest BCUT2D eigenvalue weighted by atomic mass is 9.64. The second kappa shape index (κ2) is 6.70. The summed E-state index contributed by atoms with van der Waals surface area (Å²) in [5.41, 5.74) is 4.28. The van der Waals surface area contributed by atoms with Crippen LogP contribution in [0, 0.1) is 11.3 Å². The zero-order valence-corrected chi connectivity index (χ0v) is 18.7. The smallest absolute Gasteiger partial charge is 0.230 e. The van der Waals surface area contributed by atoms with Gasteiger partial charge < -0.3 is 20.0 Å². The maximum Gasteiger partial charge on any atom is 0.230 e. The van der Waals surface area contributed by atoms with Crippen molar-refractivity contribution in [2.75, 3.05) is 34.8 Å². The van der Waals surface area contributed by atoms with Crippen LogP contribution in [0.3, 0.4) is 0 Å². The number of anilines is 4. The second-order valence-corrected chi connectivity index (χ2v) is 10.7. The molecule has 4 aliphatic rings. The van der Waals surface area contributed by atoms with Crippen LogP contribution >= 0.6 is 0 Å². The molecule has 2 saturated heterocycles. The van der Waals surface area contributed by atoms with Gasteiger partial charge >= 0.3 is 0 Å². The fourth-order valence-electron chi connectivity index (χ4n) is 6.00. The van der Waals surface area contributed by atoms with Gasteiger partial charge in [-0.2, -0.15) is 0 Å². The van der Waals surface area contributed by atoms with Crippen LogP contribution in [-0.2, 0) is 16.1 Å². The molecule has 3 fully saturated rings. The first-order valence-electron chi connectivity index (χ1n) is 11.5. The van der Waals surface area contributed by atoms with Gasteiger partial charge in [0.25, 0.3) is 0 Å². The zero-order valence-electron chi connectivity index (χ0n) is 18.7. The number of carbonyl (C=O) groups is 2. The standard InChI is InChI=1S/C25H29N5O2/c1-24(2)11-18(12-24)23(32)29-13-17-4-3-8-26-22(17)27-20-6-5-19(10-21(20)29)30-9-7-25(30)14-28(15-25)16-31/h3-6,8,10,16,18H,7,9,11-15H2,1-2H3,(H,26,27). The molecule has 7 nitrogen and oxygen atoms in total. The van der Waals surface area contributed by atoms with Crippen LogP contribution in [-0.4, -0.2) is 47.4 Å². The highest BCUT2D eigenvalue weighted by Gasteiger charge is 2.53. The van der Waals surface area contributed by atoms with E-state index in [9.17, 15) is 9.59 Å². The number of amides is 2. The Kier molecular flexibility index (Phi) is 4.10. The van der Waals surface area contributed by atoms with Crippen LogP contribution < -0.4 is 15.1 Å². The summed E-state index contributed by atoms with van der Waals surface area (Å²) >= 11 is 0. The van der Waals surface area contributed by atoms with Crippen molar-refractivity contribution in [2.45, 2.75) is 45.2 Å². The molecular formula is C25H29N5O2. The van der Waals surface area contributed by atoms with E-state index in [0.29, 0.717) is 6.54 Å². The number of likely N-dealkylation sites (tertiary alicyclic amines) is 1.